The number of carbonyl (C=O) groups is 2. The zero-order chi connectivity index (χ0) is 17.0. The van der Waals surface area contributed by atoms with Crippen LogP contribution in [0.2, 0.25) is 0 Å². The van der Waals surface area contributed by atoms with E-state index in [0.717, 1.165) is 0 Å². The lowest BCUT2D eigenvalue weighted by molar-refractivity contribution is -0.133. The van der Waals surface area contributed by atoms with E-state index in [-0.39, 0.29) is 48.5 Å². The fraction of sp³-hybridized carbons (Fsp3) is 0.429. The molecule has 1 amide bonds. The molecule has 126 valence electrons. The first-order valence-electron chi connectivity index (χ1n) is 7.07. The Kier molecular flexibility index (Phi) is 5.22. The normalized spacial score (nSPS) is 14.2. The Hall–Kier alpha value is -2.13. The molecule has 0 radical (unpaired) electrons. The van der Waals surface area contributed by atoms with Gasteiger partial charge in [-0.2, -0.15) is 0 Å². The molecule has 0 saturated carbocycles. The summed E-state index contributed by atoms with van der Waals surface area (Å²) in [6.07, 6.45) is 0. The van der Waals surface area contributed by atoms with E-state index >= 15 is 0 Å². The maximum absolute atomic E-state index is 11.9. The molecule has 0 unspecified atom stereocenters. The summed E-state index contributed by atoms with van der Waals surface area (Å²) in [5.41, 5.74) is 0.471. The predicted octanol–water partition coefficient (Wildman–Crippen LogP) is -0.686. The van der Waals surface area contributed by atoms with Crippen molar-refractivity contribution >= 4 is 27.4 Å². The molecular formula is C14H18N2O6S. The van der Waals surface area contributed by atoms with Gasteiger partial charge >= 0.3 is 5.97 Å². The second-order valence-electron chi connectivity index (χ2n) is 4.94. The first kappa shape index (κ1) is 17.2. The van der Waals surface area contributed by atoms with E-state index < -0.39 is 15.8 Å². The average Bonchev–Trinajstić information content (AvgIpc) is 2.52. The van der Waals surface area contributed by atoms with Crippen LogP contribution >= 0.6 is 0 Å². The number of benzene rings is 1. The number of aliphatic hydroxyl groups is 1. The number of anilines is 1. The molecule has 0 fully saturated rings. The predicted molar refractivity (Wildman–Crippen MR) is 82.1 cm³/mol. The Balaban J connectivity index is 2.27. The number of ether oxygens (including phenoxy) is 1. The molecule has 2 N–H and O–H groups in total. The van der Waals surface area contributed by atoms with E-state index in [0.29, 0.717) is 5.69 Å². The van der Waals surface area contributed by atoms with Crippen LogP contribution in [0.4, 0.5) is 5.69 Å². The number of fused-ring (bicyclic) bond motifs is 1. The Morgan fingerprint density at radius 1 is 1.43 bits per heavy atom. The molecule has 0 bridgehead atoms. The highest BCUT2D eigenvalue weighted by atomic mass is 32.2. The summed E-state index contributed by atoms with van der Waals surface area (Å²) in [5.74, 6) is -0.873. The van der Waals surface area contributed by atoms with Gasteiger partial charge in [-0.1, -0.05) is 6.92 Å². The Labute approximate surface area is 134 Å². The standard InChI is InChI=1S/C14H18N2O6S/c1-2-23(20,21)10-3-4-11-12(7-10)22-14(19)9-16(11)8-13(18)15-5-6-17/h3-4,7,17H,2,5-6,8-9H2,1H3,(H,15,18). The van der Waals surface area contributed by atoms with E-state index in [4.69, 9.17) is 9.84 Å². The molecule has 1 aromatic carbocycles. The van der Waals surface area contributed by atoms with Crippen LogP contribution in [0.5, 0.6) is 5.75 Å². The topological polar surface area (TPSA) is 113 Å². The summed E-state index contributed by atoms with van der Waals surface area (Å²) in [5, 5.41) is 11.2. The number of nitrogens with zero attached hydrogens (tertiary/aromatic N) is 1. The molecule has 0 aromatic heterocycles. The Morgan fingerprint density at radius 2 is 2.17 bits per heavy atom. The summed E-state index contributed by atoms with van der Waals surface area (Å²) < 4.78 is 28.9. The summed E-state index contributed by atoms with van der Waals surface area (Å²) in [4.78, 5) is 25.0. The number of sulfone groups is 1. The van der Waals surface area contributed by atoms with Crippen molar-refractivity contribution in [3.8, 4) is 5.75 Å². The molecule has 1 aromatic rings. The van der Waals surface area contributed by atoms with Crippen LogP contribution in [0.3, 0.4) is 0 Å². The number of rotatable bonds is 6. The van der Waals surface area contributed by atoms with E-state index in [1.54, 1.807) is 0 Å². The minimum Gasteiger partial charge on any atom is -0.423 e. The van der Waals surface area contributed by atoms with E-state index in [9.17, 15) is 18.0 Å². The third kappa shape index (κ3) is 3.99. The minimum absolute atomic E-state index is 0.0625. The zero-order valence-electron chi connectivity index (χ0n) is 12.6. The van der Waals surface area contributed by atoms with Crippen molar-refractivity contribution in [2.75, 3.05) is 36.9 Å². The molecule has 23 heavy (non-hydrogen) atoms. The van der Waals surface area contributed by atoms with Gasteiger partial charge in [-0.05, 0) is 12.1 Å². The van der Waals surface area contributed by atoms with E-state index in [1.807, 2.05) is 0 Å². The van der Waals surface area contributed by atoms with Crippen LogP contribution in [0.15, 0.2) is 23.1 Å². The van der Waals surface area contributed by atoms with Gasteiger partial charge in [0.25, 0.3) is 0 Å². The van der Waals surface area contributed by atoms with Crippen molar-refractivity contribution in [3.05, 3.63) is 18.2 Å². The SMILES string of the molecule is CCS(=O)(=O)c1ccc2c(c1)OC(=O)CN2CC(=O)NCCO. The summed E-state index contributed by atoms with van der Waals surface area (Å²) in [6.45, 7) is 1.26. The third-order valence-electron chi connectivity index (χ3n) is 3.32. The van der Waals surface area contributed by atoms with Crippen molar-refractivity contribution < 1.29 is 27.9 Å². The minimum atomic E-state index is -3.42. The first-order chi connectivity index (χ1) is 10.9. The highest BCUT2D eigenvalue weighted by molar-refractivity contribution is 7.91. The van der Waals surface area contributed by atoms with Gasteiger partial charge in [0.05, 0.1) is 29.5 Å². The number of carbonyl (C=O) groups excluding carboxylic acids is 2. The van der Waals surface area contributed by atoms with Crippen LogP contribution in [0.25, 0.3) is 0 Å². The van der Waals surface area contributed by atoms with Gasteiger partial charge in [-0.15, -0.1) is 0 Å². The monoisotopic (exact) mass is 342 g/mol. The highest BCUT2D eigenvalue weighted by Gasteiger charge is 2.27. The smallest absolute Gasteiger partial charge is 0.331 e. The second-order valence-corrected chi connectivity index (χ2v) is 7.21. The quantitative estimate of drug-likeness (QED) is 0.520. The number of amides is 1. The second kappa shape index (κ2) is 6.97. The lowest BCUT2D eigenvalue weighted by Gasteiger charge is -2.29. The van der Waals surface area contributed by atoms with Crippen LogP contribution in [-0.4, -0.2) is 57.4 Å². The molecule has 8 nitrogen and oxygen atoms in total. The lowest BCUT2D eigenvalue weighted by atomic mass is 10.2. The molecular weight excluding hydrogens is 324 g/mol. The fourth-order valence-corrected chi connectivity index (χ4v) is 3.05. The van der Waals surface area contributed by atoms with Crippen molar-refractivity contribution in [1.29, 1.82) is 0 Å². The van der Waals surface area contributed by atoms with Gasteiger partial charge < -0.3 is 20.1 Å². The summed E-state index contributed by atoms with van der Waals surface area (Å²) in [6, 6.07) is 4.24. The summed E-state index contributed by atoms with van der Waals surface area (Å²) in [7, 11) is -3.42. The van der Waals surface area contributed by atoms with Gasteiger partial charge in [-0.25, -0.2) is 13.2 Å². The van der Waals surface area contributed by atoms with Crippen LogP contribution in [0, 0.1) is 0 Å². The molecule has 0 atom stereocenters. The number of hydrogen-bond acceptors (Lipinski definition) is 7. The van der Waals surface area contributed by atoms with Crippen molar-refractivity contribution in [2.24, 2.45) is 0 Å². The molecule has 1 aliphatic heterocycles. The molecule has 0 spiro atoms. The average molecular weight is 342 g/mol. The number of nitrogens with one attached hydrogen (secondary N) is 1. The van der Waals surface area contributed by atoms with Crippen molar-refractivity contribution in [1.82, 2.24) is 5.32 Å². The number of hydrogen-bond donors (Lipinski definition) is 2. The van der Waals surface area contributed by atoms with Crippen molar-refractivity contribution in [3.63, 3.8) is 0 Å². The summed E-state index contributed by atoms with van der Waals surface area (Å²) >= 11 is 0. The fourth-order valence-electron chi connectivity index (χ4n) is 2.16. The maximum atomic E-state index is 11.9. The number of esters is 1. The van der Waals surface area contributed by atoms with Gasteiger partial charge in [-0.3, -0.25) is 4.79 Å². The Bertz CT molecular complexity index is 716. The molecule has 9 heteroatoms. The molecule has 1 aliphatic rings. The van der Waals surface area contributed by atoms with Crippen LogP contribution in [-0.2, 0) is 19.4 Å². The largest absolute Gasteiger partial charge is 0.423 e. The molecule has 1 heterocycles. The molecule has 0 aliphatic carbocycles. The molecule has 0 saturated heterocycles. The zero-order valence-corrected chi connectivity index (χ0v) is 13.4. The third-order valence-corrected chi connectivity index (χ3v) is 5.06. The highest BCUT2D eigenvalue weighted by Crippen LogP contribution is 2.34. The van der Waals surface area contributed by atoms with Gasteiger partial charge in [0.15, 0.2) is 15.6 Å². The van der Waals surface area contributed by atoms with E-state index in [2.05, 4.69) is 5.32 Å². The first-order valence-corrected chi connectivity index (χ1v) is 8.72. The lowest BCUT2D eigenvalue weighted by Crippen LogP contribution is -2.43. The van der Waals surface area contributed by atoms with Gasteiger partial charge in [0.2, 0.25) is 5.91 Å². The number of aliphatic hydroxyl groups excluding tert-OH is 1. The molecule has 2 rings (SSSR count). The van der Waals surface area contributed by atoms with Crippen LogP contribution in [0.1, 0.15) is 6.92 Å². The Morgan fingerprint density at radius 3 is 2.83 bits per heavy atom. The van der Waals surface area contributed by atoms with E-state index in [1.165, 1.54) is 30.0 Å². The van der Waals surface area contributed by atoms with Crippen molar-refractivity contribution in [2.45, 2.75) is 11.8 Å². The maximum Gasteiger partial charge on any atom is 0.331 e. The van der Waals surface area contributed by atoms with Crippen LogP contribution < -0.4 is 15.0 Å². The van der Waals surface area contributed by atoms with Gasteiger partial charge in [0.1, 0.15) is 6.54 Å². The van der Waals surface area contributed by atoms with Gasteiger partial charge in [0, 0.05) is 12.6 Å².